The van der Waals surface area contributed by atoms with E-state index < -0.39 is 0 Å². The highest BCUT2D eigenvalue weighted by Crippen LogP contribution is 2.17. The number of amides is 1. The maximum absolute atomic E-state index is 12.3. The molecule has 1 aromatic heterocycles. The van der Waals surface area contributed by atoms with E-state index in [4.69, 9.17) is 0 Å². The van der Waals surface area contributed by atoms with Crippen molar-refractivity contribution in [2.75, 3.05) is 0 Å². The van der Waals surface area contributed by atoms with Crippen LogP contribution in [0.25, 0.3) is 0 Å². The molecule has 4 heteroatoms. The van der Waals surface area contributed by atoms with Crippen LogP contribution in [0.2, 0.25) is 0 Å². The molecule has 1 amide bonds. The summed E-state index contributed by atoms with van der Waals surface area (Å²) < 4.78 is 1.77. The standard InChI is InChI=1S/C16H21N3O/c1-10-6-7-14(11(2)8-10)16(20)17-12(3)15-9-19(5)18-13(15)4/h6-9,12H,1-5H3,(H,17,20). The first-order valence-corrected chi connectivity index (χ1v) is 6.76. The zero-order chi connectivity index (χ0) is 14.9. The van der Waals surface area contributed by atoms with Crippen LogP contribution in [0, 0.1) is 20.8 Å². The number of nitrogens with zero attached hydrogens (tertiary/aromatic N) is 2. The van der Waals surface area contributed by atoms with Crippen molar-refractivity contribution in [2.24, 2.45) is 7.05 Å². The summed E-state index contributed by atoms with van der Waals surface area (Å²) in [5, 5.41) is 7.34. The Morgan fingerprint density at radius 3 is 2.55 bits per heavy atom. The lowest BCUT2D eigenvalue weighted by molar-refractivity contribution is 0.0939. The van der Waals surface area contributed by atoms with Gasteiger partial charge in [-0.1, -0.05) is 17.7 Å². The highest BCUT2D eigenvalue weighted by molar-refractivity contribution is 5.95. The van der Waals surface area contributed by atoms with Crippen LogP contribution in [-0.2, 0) is 7.05 Å². The molecule has 106 valence electrons. The molecule has 1 unspecified atom stereocenters. The van der Waals surface area contributed by atoms with Crippen LogP contribution in [0.1, 0.15) is 45.7 Å². The van der Waals surface area contributed by atoms with Crippen LogP contribution < -0.4 is 5.32 Å². The summed E-state index contributed by atoms with van der Waals surface area (Å²) in [6.07, 6.45) is 1.95. The molecule has 0 fully saturated rings. The zero-order valence-corrected chi connectivity index (χ0v) is 12.7. The Morgan fingerprint density at radius 1 is 1.30 bits per heavy atom. The molecule has 2 aromatic rings. The Kier molecular flexibility index (Phi) is 3.93. The molecule has 0 spiro atoms. The quantitative estimate of drug-likeness (QED) is 0.933. The lowest BCUT2D eigenvalue weighted by Gasteiger charge is -2.14. The smallest absolute Gasteiger partial charge is 0.252 e. The molecule has 2 rings (SSSR count). The summed E-state index contributed by atoms with van der Waals surface area (Å²) in [6, 6.07) is 5.80. The highest BCUT2D eigenvalue weighted by Gasteiger charge is 2.16. The number of carbonyl (C=O) groups is 1. The fraction of sp³-hybridized carbons (Fsp3) is 0.375. The van der Waals surface area contributed by atoms with Crippen molar-refractivity contribution in [2.45, 2.75) is 33.7 Å². The van der Waals surface area contributed by atoms with Crippen molar-refractivity contribution in [3.05, 3.63) is 52.3 Å². The van der Waals surface area contributed by atoms with Gasteiger partial charge in [-0.3, -0.25) is 9.48 Å². The molecule has 1 aromatic carbocycles. The summed E-state index contributed by atoms with van der Waals surface area (Å²) in [5.41, 5.74) is 4.88. The maximum Gasteiger partial charge on any atom is 0.252 e. The molecule has 0 saturated heterocycles. The number of carbonyl (C=O) groups excluding carboxylic acids is 1. The lowest BCUT2D eigenvalue weighted by Crippen LogP contribution is -2.27. The number of nitrogens with one attached hydrogen (secondary N) is 1. The van der Waals surface area contributed by atoms with Gasteiger partial charge in [0.05, 0.1) is 11.7 Å². The number of aryl methyl sites for hydroxylation is 4. The third kappa shape index (κ3) is 2.90. The van der Waals surface area contributed by atoms with Gasteiger partial charge in [0, 0.05) is 24.4 Å². The van der Waals surface area contributed by atoms with Gasteiger partial charge >= 0.3 is 0 Å². The molecule has 0 radical (unpaired) electrons. The molecule has 4 nitrogen and oxygen atoms in total. The first-order valence-electron chi connectivity index (χ1n) is 6.76. The molecule has 1 atom stereocenters. The number of hydrogen-bond acceptors (Lipinski definition) is 2. The number of rotatable bonds is 3. The minimum Gasteiger partial charge on any atom is -0.345 e. The summed E-state index contributed by atoms with van der Waals surface area (Å²) in [5.74, 6) is -0.0433. The molecule has 0 aliphatic heterocycles. The molecular formula is C16H21N3O. The van der Waals surface area contributed by atoms with Crippen molar-refractivity contribution in [3.8, 4) is 0 Å². The summed E-state index contributed by atoms with van der Waals surface area (Å²) in [7, 11) is 1.88. The molecule has 1 N–H and O–H groups in total. The van der Waals surface area contributed by atoms with Crippen molar-refractivity contribution in [1.82, 2.24) is 15.1 Å². The van der Waals surface area contributed by atoms with Gasteiger partial charge < -0.3 is 5.32 Å². The Bertz CT molecular complexity index is 643. The Morgan fingerprint density at radius 2 is 2.00 bits per heavy atom. The SMILES string of the molecule is Cc1ccc(C(=O)NC(C)c2cn(C)nc2C)c(C)c1. The van der Waals surface area contributed by atoms with E-state index in [1.807, 2.05) is 59.1 Å². The Hall–Kier alpha value is -2.10. The lowest BCUT2D eigenvalue weighted by atomic mass is 10.0. The van der Waals surface area contributed by atoms with Crippen LogP contribution in [0.3, 0.4) is 0 Å². The van der Waals surface area contributed by atoms with Crippen molar-refractivity contribution in [3.63, 3.8) is 0 Å². The normalized spacial score (nSPS) is 12.2. The molecule has 0 aliphatic carbocycles. The third-order valence-corrected chi connectivity index (χ3v) is 3.49. The first-order chi connectivity index (χ1) is 9.38. The van der Waals surface area contributed by atoms with Gasteiger partial charge in [-0.25, -0.2) is 0 Å². The van der Waals surface area contributed by atoms with Gasteiger partial charge in [0.1, 0.15) is 0 Å². The van der Waals surface area contributed by atoms with Crippen molar-refractivity contribution >= 4 is 5.91 Å². The summed E-state index contributed by atoms with van der Waals surface area (Å²) in [4.78, 5) is 12.3. The van der Waals surface area contributed by atoms with Gasteiger partial charge in [-0.05, 0) is 39.3 Å². The van der Waals surface area contributed by atoms with Crippen molar-refractivity contribution in [1.29, 1.82) is 0 Å². The number of hydrogen-bond donors (Lipinski definition) is 1. The minimum atomic E-state index is -0.0584. The second-order valence-electron chi connectivity index (χ2n) is 5.36. The largest absolute Gasteiger partial charge is 0.345 e. The van der Waals surface area contributed by atoms with E-state index >= 15 is 0 Å². The zero-order valence-electron chi connectivity index (χ0n) is 12.7. The average molecular weight is 271 g/mol. The topological polar surface area (TPSA) is 46.9 Å². The Labute approximate surface area is 119 Å². The van der Waals surface area contributed by atoms with Gasteiger partial charge in [-0.15, -0.1) is 0 Å². The van der Waals surface area contributed by atoms with Crippen LogP contribution >= 0.6 is 0 Å². The van der Waals surface area contributed by atoms with E-state index in [0.717, 1.165) is 27.9 Å². The predicted octanol–water partition coefficient (Wildman–Crippen LogP) is 2.84. The second kappa shape index (κ2) is 5.49. The van der Waals surface area contributed by atoms with E-state index in [-0.39, 0.29) is 11.9 Å². The molecule has 20 heavy (non-hydrogen) atoms. The second-order valence-corrected chi connectivity index (χ2v) is 5.36. The van der Waals surface area contributed by atoms with E-state index in [1.165, 1.54) is 0 Å². The van der Waals surface area contributed by atoms with E-state index in [1.54, 1.807) is 4.68 Å². The van der Waals surface area contributed by atoms with E-state index in [0.29, 0.717) is 0 Å². The predicted molar refractivity (Wildman–Crippen MR) is 79.7 cm³/mol. The fourth-order valence-corrected chi connectivity index (χ4v) is 2.46. The summed E-state index contributed by atoms with van der Waals surface area (Å²) >= 11 is 0. The minimum absolute atomic E-state index is 0.0433. The fourth-order valence-electron chi connectivity index (χ4n) is 2.46. The molecule has 0 bridgehead atoms. The average Bonchev–Trinajstić information content (AvgIpc) is 2.68. The van der Waals surface area contributed by atoms with Gasteiger partial charge in [-0.2, -0.15) is 5.10 Å². The van der Waals surface area contributed by atoms with Crippen LogP contribution in [0.5, 0.6) is 0 Å². The third-order valence-electron chi connectivity index (χ3n) is 3.49. The van der Waals surface area contributed by atoms with Gasteiger partial charge in [0.2, 0.25) is 0 Å². The number of aromatic nitrogens is 2. The van der Waals surface area contributed by atoms with Gasteiger partial charge in [0.25, 0.3) is 5.91 Å². The van der Waals surface area contributed by atoms with E-state index in [9.17, 15) is 4.79 Å². The van der Waals surface area contributed by atoms with Crippen LogP contribution in [0.15, 0.2) is 24.4 Å². The number of benzene rings is 1. The first kappa shape index (κ1) is 14.3. The van der Waals surface area contributed by atoms with Crippen LogP contribution in [0.4, 0.5) is 0 Å². The maximum atomic E-state index is 12.3. The van der Waals surface area contributed by atoms with Gasteiger partial charge in [0.15, 0.2) is 0 Å². The monoisotopic (exact) mass is 271 g/mol. The molecule has 0 saturated carbocycles. The Balaban J connectivity index is 2.17. The summed E-state index contributed by atoms with van der Waals surface area (Å²) in [6.45, 7) is 7.92. The van der Waals surface area contributed by atoms with E-state index in [2.05, 4.69) is 10.4 Å². The highest BCUT2D eigenvalue weighted by atomic mass is 16.1. The van der Waals surface area contributed by atoms with Crippen molar-refractivity contribution < 1.29 is 4.79 Å². The molecule has 1 heterocycles. The molecular weight excluding hydrogens is 250 g/mol. The molecule has 0 aliphatic rings. The van der Waals surface area contributed by atoms with Crippen LogP contribution in [-0.4, -0.2) is 15.7 Å².